The van der Waals surface area contributed by atoms with Crippen molar-refractivity contribution in [3.8, 4) is 0 Å². The summed E-state index contributed by atoms with van der Waals surface area (Å²) < 4.78 is 0. The van der Waals surface area contributed by atoms with Crippen LogP contribution in [0.2, 0.25) is 0 Å². The maximum Gasteiger partial charge on any atom is 0.274 e. The van der Waals surface area contributed by atoms with E-state index in [2.05, 4.69) is 29.5 Å². The number of hydrazine groups is 1. The molecule has 0 spiro atoms. The number of hydrogen-bond acceptors (Lipinski definition) is 5. The molecule has 6 nitrogen and oxygen atoms in total. The Hall–Kier alpha value is -1.69. The summed E-state index contributed by atoms with van der Waals surface area (Å²) in [5, 5.41) is 7.73. The first kappa shape index (κ1) is 12.8. The van der Waals surface area contributed by atoms with Crippen molar-refractivity contribution in [2.24, 2.45) is 11.8 Å². The molecule has 1 heterocycles. The van der Waals surface area contributed by atoms with Gasteiger partial charge >= 0.3 is 0 Å². The normalized spacial score (nSPS) is 14.7. The first-order valence-corrected chi connectivity index (χ1v) is 6.23. The summed E-state index contributed by atoms with van der Waals surface area (Å²) in [6.45, 7) is 4.98. The van der Waals surface area contributed by atoms with Crippen LogP contribution in [-0.2, 0) is 0 Å². The lowest BCUT2D eigenvalue weighted by atomic mass is 10.2. The summed E-state index contributed by atoms with van der Waals surface area (Å²) >= 11 is 0. The molecule has 98 valence electrons. The quantitative estimate of drug-likeness (QED) is 0.601. The van der Waals surface area contributed by atoms with E-state index >= 15 is 0 Å². The third-order valence-electron chi connectivity index (χ3n) is 2.84. The number of carbonyl (C=O) groups excluding carboxylic acids is 1. The summed E-state index contributed by atoms with van der Waals surface area (Å²) in [4.78, 5) is 14.2. The van der Waals surface area contributed by atoms with Gasteiger partial charge in [-0.15, -0.1) is 10.2 Å². The topological polar surface area (TPSA) is 84.1 Å². The zero-order valence-electron chi connectivity index (χ0n) is 10.8. The Labute approximate surface area is 107 Å². The third kappa shape index (κ3) is 2.95. The van der Waals surface area contributed by atoms with Crippen molar-refractivity contribution in [3.63, 3.8) is 0 Å². The average molecular weight is 249 g/mol. The number of anilines is 1. The molecule has 0 unspecified atom stereocenters. The van der Waals surface area contributed by atoms with Crippen LogP contribution in [0.5, 0.6) is 0 Å². The lowest BCUT2D eigenvalue weighted by Gasteiger charge is -2.23. The van der Waals surface area contributed by atoms with Crippen LogP contribution in [0, 0.1) is 5.92 Å². The predicted octanol–water partition coefficient (Wildman–Crippen LogP) is 1.02. The van der Waals surface area contributed by atoms with Gasteiger partial charge in [-0.3, -0.25) is 4.79 Å². The molecule has 1 fully saturated rings. The zero-order valence-corrected chi connectivity index (χ0v) is 10.8. The van der Waals surface area contributed by atoms with Gasteiger partial charge in [0.25, 0.3) is 5.91 Å². The fourth-order valence-electron chi connectivity index (χ4n) is 1.85. The van der Waals surface area contributed by atoms with E-state index in [1.54, 1.807) is 12.1 Å². The highest BCUT2D eigenvalue weighted by Crippen LogP contribution is 2.28. The SMILES string of the molecule is CC(C)CN(C(=O)c1ccc(NN)nn1)C1CC1. The fourth-order valence-corrected chi connectivity index (χ4v) is 1.85. The van der Waals surface area contributed by atoms with Crippen LogP contribution in [0.15, 0.2) is 12.1 Å². The fraction of sp³-hybridized carbons (Fsp3) is 0.583. The maximum absolute atomic E-state index is 12.3. The third-order valence-corrected chi connectivity index (χ3v) is 2.84. The Bertz CT molecular complexity index is 413. The van der Waals surface area contributed by atoms with Crippen molar-refractivity contribution in [3.05, 3.63) is 17.8 Å². The molecule has 0 radical (unpaired) electrons. The monoisotopic (exact) mass is 249 g/mol. The van der Waals surface area contributed by atoms with E-state index in [4.69, 9.17) is 5.84 Å². The standard InChI is InChI=1S/C12H19N5O/c1-8(2)7-17(9-3-4-9)12(18)10-5-6-11(14-13)16-15-10/h5-6,8-9H,3-4,7,13H2,1-2H3,(H,14,16). The van der Waals surface area contributed by atoms with Crippen LogP contribution in [0.4, 0.5) is 5.82 Å². The number of nitrogens with two attached hydrogens (primary N) is 1. The van der Waals surface area contributed by atoms with Crippen molar-refractivity contribution in [1.29, 1.82) is 0 Å². The highest BCUT2D eigenvalue weighted by Gasteiger charge is 2.33. The lowest BCUT2D eigenvalue weighted by Crippen LogP contribution is -2.36. The first-order chi connectivity index (χ1) is 8.61. The van der Waals surface area contributed by atoms with E-state index in [1.165, 1.54) is 0 Å². The molecule has 3 N–H and O–H groups in total. The number of nitrogens with one attached hydrogen (secondary N) is 1. The highest BCUT2D eigenvalue weighted by atomic mass is 16.2. The van der Waals surface area contributed by atoms with Gasteiger partial charge in [-0.25, -0.2) is 5.84 Å². The van der Waals surface area contributed by atoms with Gasteiger partial charge in [-0.05, 0) is 30.9 Å². The molecule has 0 aromatic carbocycles. The van der Waals surface area contributed by atoms with E-state index in [0.29, 0.717) is 23.5 Å². The highest BCUT2D eigenvalue weighted by molar-refractivity contribution is 5.92. The van der Waals surface area contributed by atoms with Gasteiger partial charge in [-0.2, -0.15) is 0 Å². The summed E-state index contributed by atoms with van der Waals surface area (Å²) in [7, 11) is 0. The van der Waals surface area contributed by atoms with Gasteiger partial charge < -0.3 is 10.3 Å². The zero-order chi connectivity index (χ0) is 13.1. The molecule has 2 rings (SSSR count). The van der Waals surface area contributed by atoms with Crippen molar-refractivity contribution < 1.29 is 4.79 Å². The molecule has 1 amide bonds. The summed E-state index contributed by atoms with van der Waals surface area (Å²) in [6.07, 6.45) is 2.18. The molecular formula is C12H19N5O. The number of hydrogen-bond donors (Lipinski definition) is 2. The summed E-state index contributed by atoms with van der Waals surface area (Å²) in [5.74, 6) is 6.08. The molecule has 1 aromatic heterocycles. The Morgan fingerprint density at radius 1 is 1.50 bits per heavy atom. The van der Waals surface area contributed by atoms with E-state index in [0.717, 1.165) is 19.4 Å². The molecule has 1 saturated carbocycles. The maximum atomic E-state index is 12.3. The minimum atomic E-state index is -0.0396. The van der Waals surface area contributed by atoms with Gasteiger partial charge in [0.05, 0.1) is 0 Å². The molecule has 6 heteroatoms. The van der Waals surface area contributed by atoms with Crippen molar-refractivity contribution in [2.45, 2.75) is 32.7 Å². The van der Waals surface area contributed by atoms with E-state index < -0.39 is 0 Å². The summed E-state index contributed by atoms with van der Waals surface area (Å²) in [5.41, 5.74) is 2.77. The van der Waals surface area contributed by atoms with Gasteiger partial charge in [0.15, 0.2) is 11.5 Å². The minimum absolute atomic E-state index is 0.0396. The van der Waals surface area contributed by atoms with Gasteiger partial charge in [0.2, 0.25) is 0 Å². The Morgan fingerprint density at radius 3 is 2.67 bits per heavy atom. The number of nitrogens with zero attached hydrogens (tertiary/aromatic N) is 3. The second-order valence-electron chi connectivity index (χ2n) is 5.03. The second kappa shape index (κ2) is 5.30. The number of nitrogen functional groups attached to an aromatic ring is 1. The van der Waals surface area contributed by atoms with Gasteiger partial charge in [0, 0.05) is 12.6 Å². The first-order valence-electron chi connectivity index (χ1n) is 6.23. The van der Waals surface area contributed by atoms with Crippen LogP contribution in [0.25, 0.3) is 0 Å². The Morgan fingerprint density at radius 2 is 2.22 bits per heavy atom. The van der Waals surface area contributed by atoms with E-state index in [1.807, 2.05) is 4.90 Å². The molecule has 0 bridgehead atoms. The Kier molecular flexibility index (Phi) is 3.76. The summed E-state index contributed by atoms with van der Waals surface area (Å²) in [6, 6.07) is 3.69. The smallest absolute Gasteiger partial charge is 0.274 e. The molecular weight excluding hydrogens is 230 g/mol. The average Bonchev–Trinajstić information content (AvgIpc) is 3.19. The number of amides is 1. The van der Waals surface area contributed by atoms with Crippen LogP contribution >= 0.6 is 0 Å². The van der Waals surface area contributed by atoms with Crippen LogP contribution in [-0.4, -0.2) is 33.6 Å². The van der Waals surface area contributed by atoms with Crippen molar-refractivity contribution >= 4 is 11.7 Å². The minimum Gasteiger partial charge on any atom is -0.334 e. The number of rotatable bonds is 5. The van der Waals surface area contributed by atoms with Crippen molar-refractivity contribution in [2.75, 3.05) is 12.0 Å². The molecule has 1 aliphatic carbocycles. The largest absolute Gasteiger partial charge is 0.334 e. The van der Waals surface area contributed by atoms with Crippen LogP contribution < -0.4 is 11.3 Å². The van der Waals surface area contributed by atoms with Crippen molar-refractivity contribution in [1.82, 2.24) is 15.1 Å². The second-order valence-corrected chi connectivity index (χ2v) is 5.03. The van der Waals surface area contributed by atoms with Gasteiger partial charge in [-0.1, -0.05) is 13.8 Å². The van der Waals surface area contributed by atoms with E-state index in [9.17, 15) is 4.79 Å². The number of carbonyl (C=O) groups is 1. The molecule has 18 heavy (non-hydrogen) atoms. The molecule has 0 saturated heterocycles. The molecule has 1 aliphatic rings. The number of aromatic nitrogens is 2. The molecule has 1 aromatic rings. The Balaban J connectivity index is 2.11. The predicted molar refractivity (Wildman–Crippen MR) is 68.7 cm³/mol. The van der Waals surface area contributed by atoms with Crippen LogP contribution in [0.3, 0.4) is 0 Å². The van der Waals surface area contributed by atoms with E-state index in [-0.39, 0.29) is 5.91 Å². The lowest BCUT2D eigenvalue weighted by molar-refractivity contribution is 0.0715. The molecule has 0 aliphatic heterocycles. The van der Waals surface area contributed by atoms with Crippen LogP contribution in [0.1, 0.15) is 37.2 Å². The molecule has 0 atom stereocenters. The van der Waals surface area contributed by atoms with Gasteiger partial charge in [0.1, 0.15) is 0 Å².